The number of nitrogens with zero attached hydrogens (tertiary/aromatic N) is 2. The maximum absolute atomic E-state index is 12.3. The van der Waals surface area contributed by atoms with Crippen molar-refractivity contribution in [3.63, 3.8) is 0 Å². The number of hydrogen-bond acceptors (Lipinski definition) is 3. The fourth-order valence-corrected chi connectivity index (χ4v) is 3.55. The second-order valence-corrected chi connectivity index (χ2v) is 6.97. The minimum absolute atomic E-state index is 0.121. The van der Waals surface area contributed by atoms with Crippen LogP contribution < -0.4 is 11.1 Å². The highest BCUT2D eigenvalue weighted by Gasteiger charge is 2.14. The number of carbonyl (C=O) groups excluding carboxylic acids is 2. The number of fused-ring (bicyclic) bond motifs is 2. The van der Waals surface area contributed by atoms with E-state index < -0.39 is 6.03 Å². The quantitative estimate of drug-likeness (QED) is 0.458. The molecule has 0 aliphatic rings. The number of hydrogen-bond donors (Lipinski definition) is 3. The molecule has 0 saturated heterocycles. The first-order valence-corrected chi connectivity index (χ1v) is 9.32. The van der Waals surface area contributed by atoms with Gasteiger partial charge in [0.2, 0.25) is 5.91 Å². The molecule has 7 heteroatoms. The average molecular weight is 387 g/mol. The van der Waals surface area contributed by atoms with Gasteiger partial charge in [-0.2, -0.15) is 0 Å². The van der Waals surface area contributed by atoms with Gasteiger partial charge in [0.15, 0.2) is 0 Å². The second kappa shape index (κ2) is 7.63. The molecule has 0 unspecified atom stereocenters. The predicted octanol–water partition coefficient (Wildman–Crippen LogP) is 3.21. The number of nitrogens with one attached hydrogen (secondary N) is 2. The molecule has 0 aliphatic heterocycles. The van der Waals surface area contributed by atoms with Crippen molar-refractivity contribution >= 4 is 40.0 Å². The summed E-state index contributed by atoms with van der Waals surface area (Å²) in [6.07, 6.45) is 9.14. The summed E-state index contributed by atoms with van der Waals surface area (Å²) in [4.78, 5) is 31.3. The van der Waals surface area contributed by atoms with E-state index >= 15 is 0 Å². The number of amides is 2. The van der Waals surface area contributed by atoms with Crippen molar-refractivity contribution in [3.8, 4) is 0 Å². The van der Waals surface area contributed by atoms with Crippen molar-refractivity contribution in [1.82, 2.24) is 19.9 Å². The average Bonchev–Trinajstić information content (AvgIpc) is 3.28. The van der Waals surface area contributed by atoms with Gasteiger partial charge in [-0.15, -0.1) is 0 Å². The Morgan fingerprint density at radius 1 is 1.24 bits per heavy atom. The van der Waals surface area contributed by atoms with Crippen LogP contribution in [0.5, 0.6) is 0 Å². The van der Waals surface area contributed by atoms with E-state index in [-0.39, 0.29) is 11.9 Å². The highest BCUT2D eigenvalue weighted by atomic mass is 16.2. The number of primary amides is 1. The van der Waals surface area contributed by atoms with Gasteiger partial charge in [0, 0.05) is 47.0 Å². The highest BCUT2D eigenvalue weighted by Crippen LogP contribution is 2.22. The summed E-state index contributed by atoms with van der Waals surface area (Å²) in [5, 5.41) is 4.88. The minimum atomic E-state index is -0.528. The standard InChI is InChI=1S/C22H21N5O2/c1-14(11-16-13-27(22(23)29)19-7-3-2-5-17(16)19)26-20(28)9-8-15-12-25-21-18(15)6-4-10-24-21/h2-10,12-14H,11H2,1H3,(H2,23,29)(H,24,25)(H,26,28)/t14-/m1/s1. The van der Waals surface area contributed by atoms with E-state index in [0.717, 1.165) is 33.1 Å². The van der Waals surface area contributed by atoms with Gasteiger partial charge in [0.05, 0.1) is 5.52 Å². The van der Waals surface area contributed by atoms with E-state index in [9.17, 15) is 9.59 Å². The second-order valence-electron chi connectivity index (χ2n) is 6.97. The van der Waals surface area contributed by atoms with Crippen LogP contribution in [0.3, 0.4) is 0 Å². The van der Waals surface area contributed by atoms with Gasteiger partial charge < -0.3 is 16.0 Å². The van der Waals surface area contributed by atoms with Crippen LogP contribution in [0.1, 0.15) is 18.1 Å². The summed E-state index contributed by atoms with van der Waals surface area (Å²) in [5.41, 5.74) is 8.88. The summed E-state index contributed by atoms with van der Waals surface area (Å²) in [5.74, 6) is -0.186. The van der Waals surface area contributed by atoms with Crippen molar-refractivity contribution in [3.05, 3.63) is 72.2 Å². The van der Waals surface area contributed by atoms with E-state index in [2.05, 4.69) is 15.3 Å². The topological polar surface area (TPSA) is 106 Å². The Bertz CT molecular complexity index is 1230. The fourth-order valence-electron chi connectivity index (χ4n) is 3.55. The maximum Gasteiger partial charge on any atom is 0.323 e. The Morgan fingerprint density at radius 2 is 2.03 bits per heavy atom. The third-order valence-corrected chi connectivity index (χ3v) is 4.84. The molecule has 0 aliphatic carbocycles. The van der Waals surface area contributed by atoms with Gasteiger partial charge in [0.25, 0.3) is 0 Å². The smallest absolute Gasteiger partial charge is 0.323 e. The normalized spacial score (nSPS) is 12.6. The SMILES string of the molecule is C[C@H](Cc1cn(C(N)=O)c2ccccc12)NC(=O)C=Cc1c[nH]c2ncccc12. The number of aromatic nitrogens is 3. The predicted molar refractivity (Wildman–Crippen MR) is 113 cm³/mol. The molecule has 0 spiro atoms. The number of carbonyl (C=O) groups is 2. The van der Waals surface area contributed by atoms with Crippen molar-refractivity contribution in [2.24, 2.45) is 5.73 Å². The molecule has 3 aromatic heterocycles. The molecule has 2 amide bonds. The lowest BCUT2D eigenvalue weighted by Crippen LogP contribution is -2.32. The number of nitrogens with two attached hydrogens (primary N) is 1. The molecule has 3 heterocycles. The molecule has 0 fully saturated rings. The molecule has 4 rings (SSSR count). The number of pyridine rings is 1. The monoisotopic (exact) mass is 387 g/mol. The molecule has 4 aromatic rings. The Hall–Kier alpha value is -3.87. The van der Waals surface area contributed by atoms with Crippen LogP contribution in [-0.4, -0.2) is 32.5 Å². The molecule has 146 valence electrons. The number of H-pyrrole nitrogens is 1. The third kappa shape index (κ3) is 3.75. The molecule has 1 aromatic carbocycles. The lowest BCUT2D eigenvalue weighted by atomic mass is 10.1. The molecule has 7 nitrogen and oxygen atoms in total. The first-order chi connectivity index (χ1) is 14.0. The molecule has 0 bridgehead atoms. The lowest BCUT2D eigenvalue weighted by molar-refractivity contribution is -0.117. The van der Waals surface area contributed by atoms with Gasteiger partial charge >= 0.3 is 6.03 Å². The number of para-hydroxylation sites is 1. The van der Waals surface area contributed by atoms with Gasteiger partial charge in [-0.05, 0) is 43.2 Å². The molecule has 1 atom stereocenters. The van der Waals surface area contributed by atoms with Gasteiger partial charge in [0.1, 0.15) is 5.65 Å². The number of benzene rings is 1. The van der Waals surface area contributed by atoms with Crippen molar-refractivity contribution in [1.29, 1.82) is 0 Å². The number of rotatable bonds is 5. The first kappa shape index (κ1) is 18.5. The van der Waals surface area contributed by atoms with Crippen LogP contribution in [0.4, 0.5) is 4.79 Å². The van der Waals surface area contributed by atoms with Gasteiger partial charge in [-0.3, -0.25) is 9.36 Å². The van der Waals surface area contributed by atoms with Crippen LogP contribution in [0.15, 0.2) is 61.1 Å². The zero-order valence-corrected chi connectivity index (χ0v) is 15.9. The van der Waals surface area contributed by atoms with E-state index in [0.29, 0.717) is 6.42 Å². The van der Waals surface area contributed by atoms with Gasteiger partial charge in [-0.1, -0.05) is 18.2 Å². The van der Waals surface area contributed by atoms with Gasteiger partial charge in [-0.25, -0.2) is 9.78 Å². The molecule has 0 radical (unpaired) electrons. The minimum Gasteiger partial charge on any atom is -0.351 e. The Labute approximate surface area is 167 Å². The third-order valence-electron chi connectivity index (χ3n) is 4.84. The van der Waals surface area contributed by atoms with E-state index in [4.69, 9.17) is 5.73 Å². The van der Waals surface area contributed by atoms with E-state index in [1.807, 2.05) is 49.5 Å². The van der Waals surface area contributed by atoms with Crippen LogP contribution >= 0.6 is 0 Å². The number of aromatic amines is 1. The fraction of sp³-hybridized carbons (Fsp3) is 0.136. The molecular formula is C22H21N5O2. The van der Waals surface area contributed by atoms with Crippen LogP contribution in [0, 0.1) is 0 Å². The van der Waals surface area contributed by atoms with Crippen LogP contribution in [0.2, 0.25) is 0 Å². The molecule has 0 saturated carbocycles. The first-order valence-electron chi connectivity index (χ1n) is 9.32. The molecule has 29 heavy (non-hydrogen) atoms. The molecule has 4 N–H and O–H groups in total. The van der Waals surface area contributed by atoms with Crippen LogP contribution in [-0.2, 0) is 11.2 Å². The van der Waals surface area contributed by atoms with Crippen LogP contribution in [0.25, 0.3) is 28.0 Å². The zero-order valence-electron chi connectivity index (χ0n) is 15.9. The summed E-state index contributed by atoms with van der Waals surface area (Å²) in [7, 11) is 0. The van der Waals surface area contributed by atoms with E-state index in [1.165, 1.54) is 10.6 Å². The Balaban J connectivity index is 1.46. The van der Waals surface area contributed by atoms with Crippen molar-refractivity contribution in [2.45, 2.75) is 19.4 Å². The Kier molecular flexibility index (Phi) is 4.87. The maximum atomic E-state index is 12.3. The Morgan fingerprint density at radius 3 is 2.86 bits per heavy atom. The highest BCUT2D eigenvalue weighted by molar-refractivity contribution is 5.96. The van der Waals surface area contributed by atoms with Crippen molar-refractivity contribution < 1.29 is 9.59 Å². The van der Waals surface area contributed by atoms with E-state index in [1.54, 1.807) is 18.5 Å². The summed E-state index contributed by atoms with van der Waals surface area (Å²) in [6.45, 7) is 1.93. The summed E-state index contributed by atoms with van der Waals surface area (Å²) < 4.78 is 1.43. The zero-order chi connectivity index (χ0) is 20.4. The molecular weight excluding hydrogens is 366 g/mol. The van der Waals surface area contributed by atoms with Crippen molar-refractivity contribution in [2.75, 3.05) is 0 Å². The summed E-state index contributed by atoms with van der Waals surface area (Å²) >= 11 is 0. The largest absolute Gasteiger partial charge is 0.351 e. The summed E-state index contributed by atoms with van der Waals surface area (Å²) in [6, 6.07) is 10.7. The lowest BCUT2D eigenvalue weighted by Gasteiger charge is -2.11.